The van der Waals surface area contributed by atoms with Crippen LogP contribution in [0.1, 0.15) is 71.2 Å². The molecule has 3 rings (SSSR count). The van der Waals surface area contributed by atoms with Crippen molar-refractivity contribution in [1.82, 2.24) is 4.90 Å². The number of likely N-dealkylation sites (N-methyl/N-ethyl adjacent to an activating group) is 1. The van der Waals surface area contributed by atoms with Gasteiger partial charge in [0.2, 0.25) is 0 Å². The molecule has 7 nitrogen and oxygen atoms in total. The van der Waals surface area contributed by atoms with Gasteiger partial charge < -0.3 is 24.2 Å². The summed E-state index contributed by atoms with van der Waals surface area (Å²) in [5.74, 6) is 0.122. The number of ether oxygens (including phenoxy) is 2. The number of halogens is 1. The van der Waals surface area contributed by atoms with Crippen LogP contribution >= 0.6 is 0 Å². The van der Waals surface area contributed by atoms with E-state index in [1.54, 1.807) is 53.2 Å². The molecule has 0 spiro atoms. The Balaban J connectivity index is 1.71. The highest BCUT2D eigenvalue weighted by molar-refractivity contribution is 6.06. The van der Waals surface area contributed by atoms with Gasteiger partial charge in [0.1, 0.15) is 17.2 Å². The minimum Gasteiger partial charge on any atom is -0.494 e. The van der Waals surface area contributed by atoms with Crippen LogP contribution in [0.25, 0.3) is 0 Å². The first kappa shape index (κ1) is 29.3. The lowest BCUT2D eigenvalue weighted by Crippen LogP contribution is -2.42. The summed E-state index contributed by atoms with van der Waals surface area (Å²) in [6.45, 7) is 13.2. The number of amides is 2. The second-order valence-corrected chi connectivity index (χ2v) is 11.1. The first-order valence-corrected chi connectivity index (χ1v) is 13.5. The fraction of sp³-hybridized carbons (Fsp3) is 0.533. The fourth-order valence-electron chi connectivity index (χ4n) is 4.48. The van der Waals surface area contributed by atoms with E-state index in [0.29, 0.717) is 43.1 Å². The summed E-state index contributed by atoms with van der Waals surface area (Å²) in [5, 5.41) is 0. The fourth-order valence-corrected chi connectivity index (χ4v) is 4.48. The molecule has 8 heteroatoms. The van der Waals surface area contributed by atoms with Crippen LogP contribution in [0.3, 0.4) is 0 Å². The zero-order chi connectivity index (χ0) is 28.0. The van der Waals surface area contributed by atoms with E-state index in [-0.39, 0.29) is 24.1 Å². The molecule has 1 aliphatic rings. The van der Waals surface area contributed by atoms with Gasteiger partial charge in [0.15, 0.2) is 0 Å². The smallest absolute Gasteiger partial charge is 0.410 e. The first-order valence-electron chi connectivity index (χ1n) is 13.5. The summed E-state index contributed by atoms with van der Waals surface area (Å²) in [6.07, 6.45) is 2.36. The number of nitrogens with zero attached hydrogens (tertiary/aromatic N) is 3. The third-order valence-electron chi connectivity index (χ3n) is 6.55. The van der Waals surface area contributed by atoms with Crippen molar-refractivity contribution in [3.05, 3.63) is 53.8 Å². The zero-order valence-corrected chi connectivity index (χ0v) is 23.8. The molecular weight excluding hydrogens is 485 g/mol. The maximum atomic E-state index is 15.4. The molecule has 208 valence electrons. The van der Waals surface area contributed by atoms with Gasteiger partial charge in [-0.1, -0.05) is 13.3 Å². The minimum atomic E-state index is -0.574. The van der Waals surface area contributed by atoms with Gasteiger partial charge in [-0.05, 0) is 89.9 Å². The lowest BCUT2D eigenvalue weighted by atomic mass is 10.1. The Hall–Kier alpha value is -3.29. The molecule has 1 heterocycles. The van der Waals surface area contributed by atoms with Crippen molar-refractivity contribution in [2.45, 2.75) is 78.5 Å². The molecule has 2 aromatic rings. The molecule has 2 amide bonds. The highest BCUT2D eigenvalue weighted by Crippen LogP contribution is 2.31. The molecule has 1 atom stereocenters. The van der Waals surface area contributed by atoms with E-state index in [9.17, 15) is 9.59 Å². The lowest BCUT2D eigenvalue weighted by molar-refractivity contribution is 0.0237. The van der Waals surface area contributed by atoms with Gasteiger partial charge in [-0.25, -0.2) is 9.18 Å². The third kappa shape index (κ3) is 7.39. The van der Waals surface area contributed by atoms with Crippen molar-refractivity contribution in [3.8, 4) is 5.75 Å². The van der Waals surface area contributed by atoms with Crippen LogP contribution in [0.2, 0.25) is 0 Å². The molecule has 2 aromatic carbocycles. The molecule has 1 unspecified atom stereocenters. The van der Waals surface area contributed by atoms with Gasteiger partial charge in [0.05, 0.1) is 18.3 Å². The summed E-state index contributed by atoms with van der Waals surface area (Å²) < 4.78 is 26.6. The molecule has 0 aromatic heterocycles. The lowest BCUT2D eigenvalue weighted by Gasteiger charge is -2.29. The average molecular weight is 528 g/mol. The maximum Gasteiger partial charge on any atom is 0.410 e. The Labute approximate surface area is 226 Å². The largest absolute Gasteiger partial charge is 0.494 e. The standard InChI is InChI=1S/C30H42FN3O4/c1-8-9-18-37-25-13-10-22(11-14-25)28(35)34(21(2)3)23-12-15-27(26(31)19-23)33-17-16-24(20-33)32(7)29(36)38-30(4,5)6/h10-15,19,21,24H,8-9,16-18,20H2,1-7H3. The van der Waals surface area contributed by atoms with Crippen LogP contribution in [0, 0.1) is 5.82 Å². The van der Waals surface area contributed by atoms with E-state index in [4.69, 9.17) is 9.47 Å². The Morgan fingerprint density at radius 2 is 1.82 bits per heavy atom. The second kappa shape index (κ2) is 12.5. The van der Waals surface area contributed by atoms with Gasteiger partial charge in [-0.2, -0.15) is 0 Å². The molecule has 1 aliphatic heterocycles. The van der Waals surface area contributed by atoms with Crippen LogP contribution in [0.5, 0.6) is 5.75 Å². The van der Waals surface area contributed by atoms with Crippen molar-refractivity contribution < 1.29 is 23.5 Å². The molecule has 0 radical (unpaired) electrons. The molecule has 0 aliphatic carbocycles. The normalized spacial score (nSPS) is 15.5. The van der Waals surface area contributed by atoms with E-state index in [2.05, 4.69) is 6.92 Å². The Bertz CT molecular complexity index is 1100. The second-order valence-electron chi connectivity index (χ2n) is 11.1. The number of benzene rings is 2. The van der Waals surface area contributed by atoms with Gasteiger partial charge >= 0.3 is 6.09 Å². The first-order chi connectivity index (χ1) is 17.9. The van der Waals surface area contributed by atoms with Crippen LogP contribution in [-0.4, -0.2) is 61.3 Å². The van der Waals surface area contributed by atoms with E-state index >= 15 is 4.39 Å². The minimum absolute atomic E-state index is 0.0772. The van der Waals surface area contributed by atoms with E-state index in [0.717, 1.165) is 18.6 Å². The third-order valence-corrected chi connectivity index (χ3v) is 6.55. The van der Waals surface area contributed by atoms with Crippen LogP contribution in [0.15, 0.2) is 42.5 Å². The van der Waals surface area contributed by atoms with Crippen molar-refractivity contribution in [2.75, 3.05) is 36.5 Å². The van der Waals surface area contributed by atoms with Gasteiger partial charge in [0.25, 0.3) is 5.91 Å². The number of unbranched alkanes of at least 4 members (excludes halogenated alkanes) is 1. The van der Waals surface area contributed by atoms with Crippen molar-refractivity contribution >= 4 is 23.4 Å². The summed E-state index contributed by atoms with van der Waals surface area (Å²) in [4.78, 5) is 31.0. The molecule has 1 saturated heterocycles. The number of hydrogen-bond acceptors (Lipinski definition) is 5. The highest BCUT2D eigenvalue weighted by Gasteiger charge is 2.32. The zero-order valence-electron chi connectivity index (χ0n) is 23.8. The van der Waals surface area contributed by atoms with Gasteiger partial charge in [-0.15, -0.1) is 0 Å². The predicted octanol–water partition coefficient (Wildman–Crippen LogP) is 6.51. The summed E-state index contributed by atoms with van der Waals surface area (Å²) >= 11 is 0. The quantitative estimate of drug-likeness (QED) is 0.348. The SMILES string of the molecule is CCCCOc1ccc(C(=O)N(c2ccc(N3CCC(N(C)C(=O)OC(C)(C)C)C3)c(F)c2)C(C)C)cc1. The topological polar surface area (TPSA) is 62.3 Å². The molecule has 38 heavy (non-hydrogen) atoms. The number of hydrogen-bond donors (Lipinski definition) is 0. The average Bonchev–Trinajstić information content (AvgIpc) is 3.33. The number of carbonyl (C=O) groups is 2. The Kier molecular flexibility index (Phi) is 9.63. The van der Waals surface area contributed by atoms with Crippen LogP contribution < -0.4 is 14.5 Å². The summed E-state index contributed by atoms with van der Waals surface area (Å²) in [6, 6.07) is 11.7. The summed E-state index contributed by atoms with van der Waals surface area (Å²) in [5.41, 5.74) is 0.892. The molecule has 0 N–H and O–H groups in total. The molecule has 0 bridgehead atoms. The molecular formula is C30H42FN3O4. The monoisotopic (exact) mass is 527 g/mol. The summed E-state index contributed by atoms with van der Waals surface area (Å²) in [7, 11) is 1.72. The highest BCUT2D eigenvalue weighted by atomic mass is 19.1. The van der Waals surface area contributed by atoms with E-state index in [1.165, 1.54) is 6.07 Å². The van der Waals surface area contributed by atoms with Gasteiger partial charge in [-0.3, -0.25) is 4.79 Å². The van der Waals surface area contributed by atoms with Crippen molar-refractivity contribution in [2.24, 2.45) is 0 Å². The van der Waals surface area contributed by atoms with E-state index < -0.39 is 11.4 Å². The Morgan fingerprint density at radius 3 is 2.39 bits per heavy atom. The van der Waals surface area contributed by atoms with Crippen molar-refractivity contribution in [1.29, 1.82) is 0 Å². The Morgan fingerprint density at radius 1 is 1.13 bits per heavy atom. The number of carbonyl (C=O) groups excluding carboxylic acids is 2. The van der Waals surface area contributed by atoms with Gasteiger partial charge in [0, 0.05) is 37.4 Å². The predicted molar refractivity (Wildman–Crippen MR) is 150 cm³/mol. The number of anilines is 2. The molecule has 1 fully saturated rings. The molecule has 0 saturated carbocycles. The number of rotatable bonds is 9. The van der Waals surface area contributed by atoms with Crippen molar-refractivity contribution in [3.63, 3.8) is 0 Å². The maximum absolute atomic E-state index is 15.4. The van der Waals surface area contributed by atoms with Crippen LogP contribution in [-0.2, 0) is 4.74 Å². The van der Waals surface area contributed by atoms with E-state index in [1.807, 2.05) is 39.5 Å². The van der Waals surface area contributed by atoms with Crippen LogP contribution in [0.4, 0.5) is 20.6 Å².